The van der Waals surface area contributed by atoms with Gasteiger partial charge in [-0.2, -0.15) is 5.26 Å². The van der Waals surface area contributed by atoms with Crippen LogP contribution >= 0.6 is 0 Å². The summed E-state index contributed by atoms with van der Waals surface area (Å²) in [5.74, 6) is 0.943. The number of nitriles is 1. The van der Waals surface area contributed by atoms with Crippen LogP contribution in [0.25, 0.3) is 0 Å². The van der Waals surface area contributed by atoms with Crippen molar-refractivity contribution in [3.05, 3.63) is 47.0 Å². The van der Waals surface area contributed by atoms with E-state index >= 15 is 0 Å². The smallest absolute Gasteiger partial charge is 0.144 e. The summed E-state index contributed by atoms with van der Waals surface area (Å²) in [4.78, 5) is 0. The summed E-state index contributed by atoms with van der Waals surface area (Å²) in [6.07, 6.45) is 14.0. The topological polar surface area (TPSA) is 23.8 Å². The molecule has 0 N–H and O–H groups in total. The Balaban J connectivity index is 1.64. The third-order valence-corrected chi connectivity index (χ3v) is 6.16. The molecule has 2 aliphatic carbocycles. The van der Waals surface area contributed by atoms with E-state index in [1.54, 1.807) is 6.07 Å². The number of hydrogen-bond acceptors (Lipinski definition) is 1. The van der Waals surface area contributed by atoms with Gasteiger partial charge < -0.3 is 0 Å². The van der Waals surface area contributed by atoms with Gasteiger partial charge in [-0.15, -0.1) is 0 Å². The fraction of sp³-hybridized carbons (Fsp3) is 0.591. The Morgan fingerprint density at radius 2 is 1.76 bits per heavy atom. The second-order valence-electron chi connectivity index (χ2n) is 7.79. The van der Waals surface area contributed by atoms with E-state index in [-0.39, 0.29) is 5.92 Å². The number of halogens is 2. The standard InChI is InChI=1S/C22H27F2N/c1-2-3-4-5-15-6-7-17-11-18(9-8-16(17)10-15)19-12-21(23)20(14-25)22(24)13-19/h4-5,12-13,15-18H,2-3,6-11H2,1H3/b5-4+. The monoisotopic (exact) mass is 343 g/mol. The summed E-state index contributed by atoms with van der Waals surface area (Å²) < 4.78 is 27.9. The van der Waals surface area contributed by atoms with Gasteiger partial charge >= 0.3 is 0 Å². The number of nitrogens with zero attached hydrogens (tertiary/aromatic N) is 1. The highest BCUT2D eigenvalue weighted by Crippen LogP contribution is 2.48. The molecule has 2 aliphatic rings. The molecule has 0 aromatic heterocycles. The first-order valence-corrected chi connectivity index (χ1v) is 9.68. The average Bonchev–Trinajstić information content (AvgIpc) is 2.61. The molecule has 1 nitrogen and oxygen atoms in total. The lowest BCUT2D eigenvalue weighted by Crippen LogP contribution is -2.30. The van der Waals surface area contributed by atoms with Gasteiger partial charge in [0, 0.05) is 0 Å². The summed E-state index contributed by atoms with van der Waals surface area (Å²) in [5.41, 5.74) is 0.272. The van der Waals surface area contributed by atoms with Crippen LogP contribution in [0.3, 0.4) is 0 Å². The molecule has 0 heterocycles. The van der Waals surface area contributed by atoms with Crippen molar-refractivity contribution in [3.63, 3.8) is 0 Å². The average molecular weight is 343 g/mol. The molecule has 3 heteroatoms. The minimum absolute atomic E-state index is 0.227. The lowest BCUT2D eigenvalue weighted by Gasteiger charge is -2.41. The third kappa shape index (κ3) is 4.11. The summed E-state index contributed by atoms with van der Waals surface area (Å²) in [5, 5.41) is 8.82. The van der Waals surface area contributed by atoms with Gasteiger partial charge in [0.25, 0.3) is 0 Å². The molecule has 3 rings (SSSR count). The van der Waals surface area contributed by atoms with Crippen molar-refractivity contribution in [2.45, 2.75) is 64.2 Å². The Kier molecular flexibility index (Phi) is 5.89. The second kappa shape index (κ2) is 8.13. The Bertz CT molecular complexity index is 650. The van der Waals surface area contributed by atoms with Crippen molar-refractivity contribution in [3.8, 4) is 6.07 Å². The van der Waals surface area contributed by atoms with Crippen LogP contribution in [0.5, 0.6) is 0 Å². The molecule has 1 aromatic rings. The van der Waals surface area contributed by atoms with E-state index in [0.717, 1.165) is 30.7 Å². The van der Waals surface area contributed by atoms with E-state index in [9.17, 15) is 8.78 Å². The van der Waals surface area contributed by atoms with Crippen molar-refractivity contribution < 1.29 is 8.78 Å². The molecule has 0 amide bonds. The van der Waals surface area contributed by atoms with Crippen LogP contribution in [0.15, 0.2) is 24.3 Å². The van der Waals surface area contributed by atoms with Gasteiger partial charge in [-0.05, 0) is 86.3 Å². The molecule has 2 saturated carbocycles. The Hall–Kier alpha value is -1.69. The molecular formula is C22H27F2N. The molecule has 134 valence electrons. The molecule has 4 unspecified atom stereocenters. The van der Waals surface area contributed by atoms with Crippen LogP contribution in [0.2, 0.25) is 0 Å². The number of unbranched alkanes of at least 4 members (excludes halogenated alkanes) is 1. The summed E-state index contributed by atoms with van der Waals surface area (Å²) in [7, 11) is 0. The minimum atomic E-state index is -0.718. The number of benzene rings is 1. The molecule has 0 bridgehead atoms. The highest BCUT2D eigenvalue weighted by molar-refractivity contribution is 5.36. The normalized spacial score (nSPS) is 29.4. The lowest BCUT2D eigenvalue weighted by molar-refractivity contribution is 0.133. The highest BCUT2D eigenvalue weighted by atomic mass is 19.1. The van der Waals surface area contributed by atoms with E-state index in [2.05, 4.69) is 19.1 Å². The van der Waals surface area contributed by atoms with Crippen LogP contribution in [0.1, 0.15) is 75.3 Å². The quantitative estimate of drug-likeness (QED) is 0.573. The van der Waals surface area contributed by atoms with Crippen LogP contribution < -0.4 is 0 Å². The number of hydrogen-bond donors (Lipinski definition) is 0. The Morgan fingerprint density at radius 3 is 2.44 bits per heavy atom. The zero-order valence-corrected chi connectivity index (χ0v) is 15.0. The fourth-order valence-electron chi connectivity index (χ4n) is 4.79. The van der Waals surface area contributed by atoms with Crippen molar-refractivity contribution in [2.75, 3.05) is 0 Å². The number of allylic oxidation sites excluding steroid dienone is 2. The van der Waals surface area contributed by atoms with Gasteiger partial charge in [0.2, 0.25) is 0 Å². The maximum absolute atomic E-state index is 13.9. The van der Waals surface area contributed by atoms with Gasteiger partial charge in [-0.25, -0.2) is 8.78 Å². The molecule has 4 atom stereocenters. The highest BCUT2D eigenvalue weighted by Gasteiger charge is 2.35. The van der Waals surface area contributed by atoms with Crippen LogP contribution in [-0.4, -0.2) is 0 Å². The van der Waals surface area contributed by atoms with Gasteiger partial charge in [-0.1, -0.05) is 25.5 Å². The molecule has 2 fully saturated rings. The van der Waals surface area contributed by atoms with Gasteiger partial charge in [0.1, 0.15) is 23.3 Å². The van der Waals surface area contributed by atoms with Gasteiger partial charge in [-0.3, -0.25) is 0 Å². The Morgan fingerprint density at radius 1 is 1.08 bits per heavy atom. The summed E-state index contributed by atoms with van der Waals surface area (Å²) >= 11 is 0. The predicted molar refractivity (Wildman–Crippen MR) is 96.0 cm³/mol. The van der Waals surface area contributed by atoms with Crippen molar-refractivity contribution in [2.24, 2.45) is 17.8 Å². The van der Waals surface area contributed by atoms with Crippen molar-refractivity contribution >= 4 is 0 Å². The molecule has 0 saturated heterocycles. The van der Waals surface area contributed by atoms with E-state index < -0.39 is 17.2 Å². The Labute approximate surface area is 149 Å². The molecule has 25 heavy (non-hydrogen) atoms. The maximum Gasteiger partial charge on any atom is 0.144 e. The lowest BCUT2D eigenvalue weighted by atomic mass is 9.64. The molecule has 0 spiro atoms. The summed E-state index contributed by atoms with van der Waals surface area (Å²) in [6, 6.07) is 4.37. The zero-order valence-electron chi connectivity index (χ0n) is 15.0. The fourth-order valence-corrected chi connectivity index (χ4v) is 4.79. The SMILES string of the molecule is CCC/C=C/C1CCC2CC(c3cc(F)c(C#N)c(F)c3)CCC2C1. The largest absolute Gasteiger partial charge is 0.205 e. The van der Waals surface area contributed by atoms with Crippen LogP contribution in [-0.2, 0) is 0 Å². The van der Waals surface area contributed by atoms with Crippen LogP contribution in [0, 0.1) is 40.7 Å². The van der Waals surface area contributed by atoms with E-state index in [1.165, 1.54) is 44.2 Å². The first-order chi connectivity index (χ1) is 12.1. The van der Waals surface area contributed by atoms with Crippen LogP contribution in [0.4, 0.5) is 8.78 Å². The van der Waals surface area contributed by atoms with E-state index in [4.69, 9.17) is 5.26 Å². The van der Waals surface area contributed by atoms with Gasteiger partial charge in [0.15, 0.2) is 0 Å². The molecular weight excluding hydrogens is 316 g/mol. The molecule has 0 radical (unpaired) electrons. The minimum Gasteiger partial charge on any atom is -0.205 e. The number of fused-ring (bicyclic) bond motifs is 1. The van der Waals surface area contributed by atoms with E-state index in [0.29, 0.717) is 11.8 Å². The van der Waals surface area contributed by atoms with E-state index in [1.807, 2.05) is 0 Å². The zero-order chi connectivity index (χ0) is 17.8. The third-order valence-electron chi connectivity index (χ3n) is 6.16. The van der Waals surface area contributed by atoms with Crippen molar-refractivity contribution in [1.82, 2.24) is 0 Å². The number of rotatable bonds is 4. The van der Waals surface area contributed by atoms with Gasteiger partial charge in [0.05, 0.1) is 0 Å². The second-order valence-corrected chi connectivity index (χ2v) is 7.79. The summed E-state index contributed by atoms with van der Waals surface area (Å²) in [6.45, 7) is 2.21. The first-order valence-electron chi connectivity index (χ1n) is 9.68. The van der Waals surface area contributed by atoms with Crippen molar-refractivity contribution in [1.29, 1.82) is 5.26 Å². The first kappa shape index (κ1) is 18.1. The predicted octanol–water partition coefficient (Wildman–Crippen LogP) is 6.49. The maximum atomic E-state index is 13.9. The molecule has 0 aliphatic heterocycles. The molecule has 1 aromatic carbocycles.